The minimum Gasteiger partial charge on any atom is -0.464 e. The summed E-state index contributed by atoms with van der Waals surface area (Å²) in [4.78, 5) is 37.3. The first-order valence-electron chi connectivity index (χ1n) is 11.5. The van der Waals surface area contributed by atoms with Gasteiger partial charge in [-0.1, -0.05) is 30.3 Å². The minimum absolute atomic E-state index is 0.152. The number of amides is 1. The summed E-state index contributed by atoms with van der Waals surface area (Å²) in [6, 6.07) is 11.6. The van der Waals surface area contributed by atoms with E-state index >= 15 is 0 Å². The molecule has 1 spiro atoms. The lowest BCUT2D eigenvalue weighted by atomic mass is 9.61. The van der Waals surface area contributed by atoms with Gasteiger partial charge in [-0.15, -0.1) is 0 Å². The van der Waals surface area contributed by atoms with Gasteiger partial charge in [0.1, 0.15) is 12.4 Å². The molecule has 2 saturated heterocycles. The zero-order valence-corrected chi connectivity index (χ0v) is 18.8. The van der Waals surface area contributed by atoms with E-state index < -0.39 is 5.97 Å². The summed E-state index contributed by atoms with van der Waals surface area (Å²) in [6.45, 7) is 3.52. The van der Waals surface area contributed by atoms with Crippen LogP contribution in [0.3, 0.4) is 0 Å². The molecule has 3 aliphatic rings. The largest absolute Gasteiger partial charge is 0.464 e. The van der Waals surface area contributed by atoms with Crippen molar-refractivity contribution in [1.82, 2.24) is 14.9 Å². The molecule has 0 unspecified atom stereocenters. The smallest absolute Gasteiger partial charge is 0.410 e. The lowest BCUT2D eigenvalue weighted by Gasteiger charge is -2.58. The summed E-state index contributed by atoms with van der Waals surface area (Å²) >= 11 is 0. The molecule has 1 aromatic heterocycles. The number of ether oxygens (including phenoxy) is 2. The molecule has 2 aliphatic heterocycles. The summed E-state index contributed by atoms with van der Waals surface area (Å²) in [5.41, 5.74) is 1.40. The van der Waals surface area contributed by atoms with E-state index in [0.29, 0.717) is 18.4 Å². The van der Waals surface area contributed by atoms with E-state index in [9.17, 15) is 9.59 Å². The van der Waals surface area contributed by atoms with Gasteiger partial charge in [-0.05, 0) is 31.2 Å². The third kappa shape index (κ3) is 4.58. The molecule has 0 atom stereocenters. The summed E-state index contributed by atoms with van der Waals surface area (Å²) in [7, 11) is 1.36. The Morgan fingerprint density at radius 3 is 2.55 bits per heavy atom. The van der Waals surface area contributed by atoms with Crippen LogP contribution in [-0.4, -0.2) is 66.3 Å². The van der Waals surface area contributed by atoms with Crippen molar-refractivity contribution in [3.05, 3.63) is 47.7 Å². The lowest BCUT2D eigenvalue weighted by molar-refractivity contribution is -0.0601. The summed E-state index contributed by atoms with van der Waals surface area (Å²) < 4.78 is 10.3. The standard InChI is InChI=1S/C24H29N5O4/c1-32-21(30)19-11-20(27-22(26-19)28-9-5-6-10-28)25-18-12-24(13-18)15-29(16-24)23(31)33-14-17-7-3-2-4-8-17/h2-4,7-8,11,18H,5-6,9-10,12-16H2,1H3,(H,25,26,27). The maximum absolute atomic E-state index is 12.3. The number of hydrogen-bond acceptors (Lipinski definition) is 8. The number of likely N-dealkylation sites (tertiary alicyclic amines) is 1. The number of aromatic nitrogens is 2. The van der Waals surface area contributed by atoms with Crippen LogP contribution in [0.2, 0.25) is 0 Å². The number of anilines is 2. The summed E-state index contributed by atoms with van der Waals surface area (Å²) in [5, 5.41) is 3.46. The van der Waals surface area contributed by atoms with Crippen LogP contribution in [-0.2, 0) is 16.1 Å². The van der Waals surface area contributed by atoms with Crippen molar-refractivity contribution in [1.29, 1.82) is 0 Å². The number of methoxy groups -OCH3 is 1. The number of hydrogen-bond donors (Lipinski definition) is 1. The number of nitrogens with one attached hydrogen (secondary N) is 1. The Kier molecular flexibility index (Phi) is 5.78. The topological polar surface area (TPSA) is 96.9 Å². The summed E-state index contributed by atoms with van der Waals surface area (Å²) in [6.07, 6.45) is 3.85. The third-order valence-corrected chi connectivity index (χ3v) is 6.72. The predicted molar refractivity (Wildman–Crippen MR) is 122 cm³/mol. The van der Waals surface area contributed by atoms with Crippen LogP contribution in [0.15, 0.2) is 36.4 Å². The van der Waals surface area contributed by atoms with Gasteiger partial charge in [0.2, 0.25) is 5.95 Å². The van der Waals surface area contributed by atoms with Gasteiger partial charge in [0.15, 0.2) is 5.69 Å². The van der Waals surface area contributed by atoms with Crippen molar-refractivity contribution in [3.63, 3.8) is 0 Å². The Morgan fingerprint density at radius 2 is 1.85 bits per heavy atom. The van der Waals surface area contributed by atoms with Crippen molar-refractivity contribution in [3.8, 4) is 0 Å². The van der Waals surface area contributed by atoms with E-state index in [-0.39, 0.29) is 23.2 Å². The molecule has 3 heterocycles. The highest BCUT2D eigenvalue weighted by Crippen LogP contribution is 2.49. The molecule has 1 N–H and O–H groups in total. The Labute approximate surface area is 193 Å². The Balaban J connectivity index is 1.13. The third-order valence-electron chi connectivity index (χ3n) is 6.72. The molecular weight excluding hydrogens is 422 g/mol. The fraction of sp³-hybridized carbons (Fsp3) is 0.500. The highest BCUT2D eigenvalue weighted by atomic mass is 16.6. The van der Waals surface area contributed by atoms with Crippen LogP contribution in [0.25, 0.3) is 0 Å². The van der Waals surface area contributed by atoms with Crippen molar-refractivity contribution in [2.24, 2.45) is 5.41 Å². The second kappa shape index (κ2) is 8.88. The van der Waals surface area contributed by atoms with Gasteiger partial charge in [-0.3, -0.25) is 0 Å². The lowest BCUT2D eigenvalue weighted by Crippen LogP contribution is -2.66. The van der Waals surface area contributed by atoms with Crippen LogP contribution in [0.4, 0.5) is 16.6 Å². The van der Waals surface area contributed by atoms with Crippen LogP contribution < -0.4 is 10.2 Å². The normalized spacial score (nSPS) is 19.1. The quantitative estimate of drug-likeness (QED) is 0.670. The number of carbonyl (C=O) groups excluding carboxylic acids is 2. The minimum atomic E-state index is -0.463. The molecule has 1 saturated carbocycles. The van der Waals surface area contributed by atoms with E-state index in [4.69, 9.17) is 9.47 Å². The Bertz CT molecular complexity index is 1010. The first kappa shape index (κ1) is 21.5. The van der Waals surface area contributed by atoms with E-state index in [1.165, 1.54) is 7.11 Å². The molecule has 174 valence electrons. The molecule has 9 nitrogen and oxygen atoms in total. The number of nitrogens with zero attached hydrogens (tertiary/aromatic N) is 4. The van der Waals surface area contributed by atoms with Crippen LogP contribution in [0, 0.1) is 5.41 Å². The first-order valence-corrected chi connectivity index (χ1v) is 11.5. The molecule has 1 aliphatic carbocycles. The first-order chi connectivity index (χ1) is 16.0. The van der Waals surface area contributed by atoms with Gasteiger partial charge in [0.25, 0.3) is 0 Å². The summed E-state index contributed by atoms with van der Waals surface area (Å²) in [5.74, 6) is 0.753. The average Bonchev–Trinajstić information content (AvgIpc) is 3.33. The molecule has 1 aromatic carbocycles. The molecule has 9 heteroatoms. The molecule has 33 heavy (non-hydrogen) atoms. The van der Waals surface area contributed by atoms with Gasteiger partial charge in [0.05, 0.1) is 7.11 Å². The van der Waals surface area contributed by atoms with Crippen molar-refractivity contribution in [2.45, 2.75) is 38.3 Å². The zero-order chi connectivity index (χ0) is 22.8. The van der Waals surface area contributed by atoms with Crippen molar-refractivity contribution >= 4 is 23.8 Å². The maximum Gasteiger partial charge on any atom is 0.410 e. The van der Waals surface area contributed by atoms with Crippen molar-refractivity contribution < 1.29 is 19.1 Å². The molecular formula is C24H29N5O4. The van der Waals surface area contributed by atoms with Crippen LogP contribution >= 0.6 is 0 Å². The Morgan fingerprint density at radius 1 is 1.12 bits per heavy atom. The zero-order valence-electron chi connectivity index (χ0n) is 18.8. The van der Waals surface area contributed by atoms with Gasteiger partial charge in [0, 0.05) is 43.7 Å². The van der Waals surface area contributed by atoms with Crippen molar-refractivity contribution in [2.75, 3.05) is 43.5 Å². The maximum atomic E-state index is 12.3. The average molecular weight is 452 g/mol. The van der Waals surface area contributed by atoms with Gasteiger partial charge < -0.3 is 24.6 Å². The van der Waals surface area contributed by atoms with E-state index in [1.807, 2.05) is 30.3 Å². The SMILES string of the molecule is COC(=O)c1cc(NC2CC3(C2)CN(C(=O)OCc2ccccc2)C3)nc(N2CCCC2)n1. The van der Waals surface area contributed by atoms with E-state index in [2.05, 4.69) is 20.2 Å². The fourth-order valence-corrected chi connectivity index (χ4v) is 5.03. The highest BCUT2D eigenvalue weighted by Gasteiger charge is 2.54. The van der Waals surface area contributed by atoms with Crippen LogP contribution in [0.1, 0.15) is 41.7 Å². The molecule has 0 bridgehead atoms. The number of rotatable bonds is 6. The predicted octanol–water partition coefficient (Wildman–Crippen LogP) is 3.08. The second-order valence-corrected chi connectivity index (χ2v) is 9.27. The number of benzene rings is 1. The van der Waals surface area contributed by atoms with E-state index in [1.54, 1.807) is 11.0 Å². The molecule has 3 fully saturated rings. The number of carbonyl (C=O) groups is 2. The molecule has 0 radical (unpaired) electrons. The number of esters is 1. The molecule has 1 amide bonds. The molecule has 5 rings (SSSR count). The monoisotopic (exact) mass is 451 g/mol. The van der Waals surface area contributed by atoms with Gasteiger partial charge in [-0.25, -0.2) is 14.6 Å². The van der Waals surface area contributed by atoms with E-state index in [0.717, 1.165) is 57.4 Å². The highest BCUT2D eigenvalue weighted by molar-refractivity contribution is 5.88. The molecule has 2 aromatic rings. The fourth-order valence-electron chi connectivity index (χ4n) is 5.03. The Hall–Kier alpha value is -3.36. The van der Waals surface area contributed by atoms with Crippen LogP contribution in [0.5, 0.6) is 0 Å². The van der Waals surface area contributed by atoms with Gasteiger partial charge >= 0.3 is 12.1 Å². The second-order valence-electron chi connectivity index (χ2n) is 9.27. The van der Waals surface area contributed by atoms with Gasteiger partial charge in [-0.2, -0.15) is 4.98 Å².